The van der Waals surface area contributed by atoms with Crippen LogP contribution in [0.1, 0.15) is 10.6 Å². The summed E-state index contributed by atoms with van der Waals surface area (Å²) in [5.41, 5.74) is 8.72. The molecule has 2 N–H and O–H groups in total. The molecule has 0 amide bonds. The van der Waals surface area contributed by atoms with Gasteiger partial charge in [0.1, 0.15) is 10.00 Å². The number of nitrogens with zero attached hydrogens (tertiary/aromatic N) is 2. The fraction of sp³-hybridized carbons (Fsp3) is 0.125. The van der Waals surface area contributed by atoms with Crippen LogP contribution in [0.25, 0.3) is 10.2 Å². The second-order valence-corrected chi connectivity index (χ2v) is 6.40. The molecule has 0 fully saturated rings. The zero-order valence-corrected chi connectivity index (χ0v) is 13.2. The molecule has 0 aliphatic heterocycles. The van der Waals surface area contributed by atoms with Crippen LogP contribution in [0.15, 0.2) is 48.5 Å². The van der Waals surface area contributed by atoms with Crippen molar-refractivity contribution in [1.82, 2.24) is 4.98 Å². The average molecular weight is 313 g/mol. The molecule has 0 unspecified atom stereocenters. The van der Waals surface area contributed by atoms with Crippen molar-refractivity contribution in [2.45, 2.75) is 6.54 Å². The van der Waals surface area contributed by atoms with E-state index < -0.39 is 0 Å². The van der Waals surface area contributed by atoms with Crippen molar-refractivity contribution in [3.8, 4) is 0 Å². The predicted molar refractivity (Wildman–Crippen MR) is 94.1 cm³/mol. The topological polar surface area (TPSA) is 42.2 Å². The number of thiazole rings is 1. The van der Waals surface area contributed by atoms with Crippen molar-refractivity contribution in [3.05, 3.63) is 59.1 Å². The summed E-state index contributed by atoms with van der Waals surface area (Å²) < 4.78 is 1.22. The molecule has 3 rings (SSSR count). The fourth-order valence-corrected chi connectivity index (χ4v) is 3.33. The standard InChI is InChI=1S/C16H15N3S2/c1-19(12-6-4-5-11(9-12)16(17)20)10-15-18-13-7-2-3-8-14(13)21-15/h2-9H,10H2,1H3,(H2,17,20). The highest BCUT2D eigenvalue weighted by molar-refractivity contribution is 7.80. The highest BCUT2D eigenvalue weighted by Crippen LogP contribution is 2.24. The summed E-state index contributed by atoms with van der Waals surface area (Å²) in [5.74, 6) is 0. The number of benzene rings is 2. The molecule has 0 saturated carbocycles. The molecule has 0 spiro atoms. The van der Waals surface area contributed by atoms with Gasteiger partial charge in [0.15, 0.2) is 0 Å². The predicted octanol–water partition coefficient (Wildman–Crippen LogP) is 3.57. The SMILES string of the molecule is CN(Cc1nc2ccccc2s1)c1cccc(C(N)=S)c1. The van der Waals surface area contributed by atoms with Crippen molar-refractivity contribution in [2.24, 2.45) is 5.73 Å². The van der Waals surface area contributed by atoms with E-state index in [1.54, 1.807) is 11.3 Å². The highest BCUT2D eigenvalue weighted by Gasteiger charge is 2.08. The Kier molecular flexibility index (Phi) is 3.86. The van der Waals surface area contributed by atoms with E-state index >= 15 is 0 Å². The van der Waals surface area contributed by atoms with Crippen LogP contribution >= 0.6 is 23.6 Å². The largest absolute Gasteiger partial charge is 0.389 e. The van der Waals surface area contributed by atoms with Crippen molar-refractivity contribution >= 4 is 44.4 Å². The van der Waals surface area contributed by atoms with Crippen molar-refractivity contribution < 1.29 is 0 Å². The van der Waals surface area contributed by atoms with Crippen LogP contribution in [0.2, 0.25) is 0 Å². The summed E-state index contributed by atoms with van der Waals surface area (Å²) in [6.07, 6.45) is 0. The summed E-state index contributed by atoms with van der Waals surface area (Å²) in [7, 11) is 2.05. The molecule has 21 heavy (non-hydrogen) atoms. The van der Waals surface area contributed by atoms with Gasteiger partial charge in [-0.05, 0) is 24.3 Å². The van der Waals surface area contributed by atoms with Crippen molar-refractivity contribution in [2.75, 3.05) is 11.9 Å². The molecule has 3 aromatic rings. The van der Waals surface area contributed by atoms with Gasteiger partial charge in [-0.15, -0.1) is 11.3 Å². The number of hydrogen-bond donors (Lipinski definition) is 1. The molecule has 0 atom stereocenters. The van der Waals surface area contributed by atoms with Crippen LogP contribution in [0.5, 0.6) is 0 Å². The number of hydrogen-bond acceptors (Lipinski definition) is 4. The van der Waals surface area contributed by atoms with Gasteiger partial charge in [0.05, 0.1) is 16.8 Å². The second-order valence-electron chi connectivity index (χ2n) is 4.85. The molecule has 0 aliphatic rings. The zero-order valence-electron chi connectivity index (χ0n) is 11.6. The fourth-order valence-electron chi connectivity index (χ4n) is 2.18. The Balaban J connectivity index is 1.83. The molecule has 1 aromatic heterocycles. The first-order chi connectivity index (χ1) is 10.1. The van der Waals surface area contributed by atoms with E-state index in [2.05, 4.69) is 22.0 Å². The average Bonchev–Trinajstić information content (AvgIpc) is 2.89. The van der Waals surface area contributed by atoms with E-state index in [0.29, 0.717) is 4.99 Å². The maximum Gasteiger partial charge on any atom is 0.113 e. The van der Waals surface area contributed by atoms with Gasteiger partial charge in [-0.3, -0.25) is 0 Å². The normalized spacial score (nSPS) is 10.7. The Morgan fingerprint density at radius 3 is 2.81 bits per heavy atom. The van der Waals surface area contributed by atoms with E-state index in [4.69, 9.17) is 18.0 Å². The minimum Gasteiger partial charge on any atom is -0.389 e. The minimum absolute atomic E-state index is 0.422. The van der Waals surface area contributed by atoms with Gasteiger partial charge < -0.3 is 10.6 Å². The van der Waals surface area contributed by atoms with Crippen molar-refractivity contribution in [3.63, 3.8) is 0 Å². The Morgan fingerprint density at radius 1 is 1.24 bits per heavy atom. The third-order valence-corrected chi connectivity index (χ3v) is 4.54. The van der Waals surface area contributed by atoms with E-state index in [1.165, 1.54) is 4.70 Å². The molecule has 106 valence electrons. The lowest BCUT2D eigenvalue weighted by molar-refractivity contribution is 0.914. The third kappa shape index (κ3) is 3.04. The van der Waals surface area contributed by atoms with Gasteiger partial charge in [0, 0.05) is 18.3 Å². The Hall–Kier alpha value is -1.98. The van der Waals surface area contributed by atoms with Crippen LogP contribution in [0.3, 0.4) is 0 Å². The smallest absolute Gasteiger partial charge is 0.113 e. The maximum atomic E-state index is 5.69. The summed E-state index contributed by atoms with van der Waals surface area (Å²) in [4.78, 5) is 7.24. The van der Waals surface area contributed by atoms with Crippen LogP contribution in [-0.2, 0) is 6.54 Å². The van der Waals surface area contributed by atoms with Crippen LogP contribution in [0, 0.1) is 0 Å². The van der Waals surface area contributed by atoms with Crippen molar-refractivity contribution in [1.29, 1.82) is 0 Å². The summed E-state index contributed by atoms with van der Waals surface area (Å²) in [6, 6.07) is 16.2. The number of fused-ring (bicyclic) bond motifs is 1. The van der Waals surface area contributed by atoms with Gasteiger partial charge in [-0.1, -0.05) is 36.5 Å². The quantitative estimate of drug-likeness (QED) is 0.748. The molecule has 2 aromatic carbocycles. The summed E-state index contributed by atoms with van der Waals surface area (Å²) in [5, 5.41) is 1.10. The van der Waals surface area contributed by atoms with E-state index in [1.807, 2.05) is 43.4 Å². The highest BCUT2D eigenvalue weighted by atomic mass is 32.1. The zero-order chi connectivity index (χ0) is 14.8. The van der Waals surface area contributed by atoms with Gasteiger partial charge in [0.2, 0.25) is 0 Å². The van der Waals surface area contributed by atoms with Crippen LogP contribution < -0.4 is 10.6 Å². The van der Waals surface area contributed by atoms with Gasteiger partial charge in [-0.25, -0.2) is 4.98 Å². The molecular weight excluding hydrogens is 298 g/mol. The van der Waals surface area contributed by atoms with E-state index in [0.717, 1.165) is 28.3 Å². The molecule has 1 heterocycles. The Morgan fingerprint density at radius 2 is 2.05 bits per heavy atom. The number of thiocarbonyl (C=S) groups is 1. The first kappa shape index (κ1) is 14.0. The first-order valence-corrected chi connectivity index (χ1v) is 7.81. The molecule has 0 saturated heterocycles. The van der Waals surface area contributed by atoms with Gasteiger partial charge >= 0.3 is 0 Å². The Labute approximate surface area is 133 Å². The molecular formula is C16H15N3S2. The van der Waals surface area contributed by atoms with Crippen LogP contribution in [0.4, 0.5) is 5.69 Å². The van der Waals surface area contributed by atoms with Gasteiger partial charge in [-0.2, -0.15) is 0 Å². The molecule has 0 radical (unpaired) electrons. The Bertz CT molecular complexity index is 762. The molecule has 0 aliphatic carbocycles. The monoisotopic (exact) mass is 313 g/mol. The van der Waals surface area contributed by atoms with E-state index in [-0.39, 0.29) is 0 Å². The number of rotatable bonds is 4. The molecule has 0 bridgehead atoms. The summed E-state index contributed by atoms with van der Waals surface area (Å²) >= 11 is 6.76. The second kappa shape index (κ2) is 5.79. The maximum absolute atomic E-state index is 5.69. The number of anilines is 1. The molecule has 5 heteroatoms. The minimum atomic E-state index is 0.422. The molecule has 3 nitrogen and oxygen atoms in total. The number of para-hydroxylation sites is 1. The summed E-state index contributed by atoms with van der Waals surface area (Å²) in [6.45, 7) is 0.764. The lowest BCUT2D eigenvalue weighted by Crippen LogP contribution is -2.17. The third-order valence-electron chi connectivity index (χ3n) is 3.28. The van der Waals surface area contributed by atoms with Gasteiger partial charge in [0.25, 0.3) is 0 Å². The number of aromatic nitrogens is 1. The lowest BCUT2D eigenvalue weighted by atomic mass is 10.2. The lowest BCUT2D eigenvalue weighted by Gasteiger charge is -2.18. The first-order valence-electron chi connectivity index (χ1n) is 6.59. The van der Waals surface area contributed by atoms with Crippen LogP contribution in [-0.4, -0.2) is 17.0 Å². The number of nitrogens with two attached hydrogens (primary N) is 1. The van der Waals surface area contributed by atoms with E-state index in [9.17, 15) is 0 Å².